The number of rotatable bonds is 11. The van der Waals surface area contributed by atoms with Crippen molar-refractivity contribution in [2.75, 3.05) is 18.6 Å². The van der Waals surface area contributed by atoms with Gasteiger partial charge >= 0.3 is 10.4 Å². The van der Waals surface area contributed by atoms with E-state index in [-0.39, 0.29) is 12.1 Å². The molecule has 6 atom stereocenters. The van der Waals surface area contributed by atoms with Crippen molar-refractivity contribution in [2.24, 2.45) is 5.16 Å². The number of nitrogens with zero attached hydrogens (tertiary/aromatic N) is 1. The summed E-state index contributed by atoms with van der Waals surface area (Å²) in [5.74, 6) is 0.549. The first-order valence-corrected chi connectivity index (χ1v) is 12.0. The number of oxime groups is 1. The Morgan fingerprint density at radius 3 is 2.36 bits per heavy atom. The maximum absolute atomic E-state index is 11.0. The van der Waals surface area contributed by atoms with Crippen LogP contribution in [0, 0.1) is 0 Å². The summed E-state index contributed by atoms with van der Waals surface area (Å²) in [4.78, 5) is -2.08. The fourth-order valence-electron chi connectivity index (χ4n) is 2.73. The van der Waals surface area contributed by atoms with Gasteiger partial charge in [0.05, 0.1) is 6.61 Å². The Labute approximate surface area is 171 Å². The zero-order valence-corrected chi connectivity index (χ0v) is 17.8. The molecule has 1 heterocycles. The molecule has 0 aliphatic carbocycles. The van der Waals surface area contributed by atoms with Crippen LogP contribution in [0.15, 0.2) is 5.16 Å². The zero-order chi connectivity index (χ0) is 21.5. The Kier molecular flexibility index (Phi) is 10.3. The first kappa shape index (κ1) is 25.7. The van der Waals surface area contributed by atoms with Gasteiger partial charge in [-0.3, -0.25) is 8.76 Å². The number of aliphatic hydroxyl groups excluding tert-OH is 4. The fourth-order valence-corrected chi connectivity index (χ4v) is 3.96. The molecular weight excluding hydrogens is 438 g/mol. The molecule has 28 heavy (non-hydrogen) atoms. The largest absolute Gasteiger partial charge is 0.466 e. The van der Waals surface area contributed by atoms with Crippen LogP contribution in [-0.2, 0) is 30.2 Å². The third-order valence-electron chi connectivity index (χ3n) is 4.22. The molecule has 0 spiro atoms. The van der Waals surface area contributed by atoms with E-state index in [9.17, 15) is 33.1 Å². The van der Waals surface area contributed by atoms with E-state index in [1.165, 1.54) is 0 Å². The van der Waals surface area contributed by atoms with Crippen LogP contribution in [0.2, 0.25) is 0 Å². The van der Waals surface area contributed by atoms with Crippen molar-refractivity contribution in [3.8, 4) is 0 Å². The van der Waals surface area contributed by atoms with Gasteiger partial charge in [0.1, 0.15) is 30.1 Å². The Morgan fingerprint density at radius 1 is 1.21 bits per heavy atom. The molecule has 166 valence electrons. The van der Waals surface area contributed by atoms with E-state index >= 15 is 0 Å². The molecule has 1 aliphatic rings. The second-order valence-corrected chi connectivity index (χ2v) is 9.67. The summed E-state index contributed by atoms with van der Waals surface area (Å²) in [6.45, 7) is -0.714. The molecule has 1 unspecified atom stereocenters. The molecule has 1 fully saturated rings. The highest BCUT2D eigenvalue weighted by Crippen LogP contribution is 2.36. The van der Waals surface area contributed by atoms with E-state index in [4.69, 9.17) is 9.29 Å². The topological polar surface area (TPSA) is 183 Å². The Balaban J connectivity index is 2.94. The first-order valence-electron chi connectivity index (χ1n) is 8.51. The van der Waals surface area contributed by atoms with Crippen molar-refractivity contribution in [1.29, 1.82) is 0 Å². The number of ether oxygens (including phenoxy) is 1. The lowest BCUT2D eigenvalue weighted by Crippen LogP contribution is -2.65. The number of thiol groups is 1. The molecule has 0 bridgehead atoms. The molecular formula is C14H27NO10S3. The van der Waals surface area contributed by atoms with Crippen LogP contribution < -0.4 is 0 Å². The third-order valence-corrected chi connectivity index (χ3v) is 5.97. The van der Waals surface area contributed by atoms with Gasteiger partial charge in [-0.2, -0.15) is 8.42 Å². The summed E-state index contributed by atoms with van der Waals surface area (Å²) in [6, 6.07) is 0. The predicted octanol–water partition coefficient (Wildman–Crippen LogP) is -1.41. The van der Waals surface area contributed by atoms with E-state index < -0.39 is 57.2 Å². The molecule has 0 radical (unpaired) electrons. The van der Waals surface area contributed by atoms with Crippen LogP contribution in [-0.4, -0.2) is 91.3 Å². The van der Waals surface area contributed by atoms with E-state index in [2.05, 4.69) is 22.1 Å². The predicted molar refractivity (Wildman–Crippen MR) is 104 cm³/mol. The van der Waals surface area contributed by atoms with Crippen LogP contribution in [0.25, 0.3) is 0 Å². The Bertz CT molecular complexity index is 656. The Hall–Kier alpha value is -0.320. The van der Waals surface area contributed by atoms with Gasteiger partial charge in [0.15, 0.2) is 4.93 Å². The van der Waals surface area contributed by atoms with Crippen LogP contribution in [0.4, 0.5) is 0 Å². The molecule has 0 aromatic carbocycles. The summed E-state index contributed by atoms with van der Waals surface area (Å²) in [5.41, 5.74) is -0.260. The second-order valence-electron chi connectivity index (χ2n) is 6.44. The lowest BCUT2D eigenvalue weighted by molar-refractivity contribution is -0.222. The highest BCUT2D eigenvalue weighted by molar-refractivity contribution is 7.84. The lowest BCUT2D eigenvalue weighted by Gasteiger charge is -2.46. The highest BCUT2D eigenvalue weighted by atomic mass is 32.3. The number of hydrogen-bond acceptors (Lipinski definition) is 11. The fraction of sp³-hybridized carbons (Fsp3) is 0.929. The minimum Gasteiger partial charge on any atom is -0.394 e. The molecule has 0 aromatic heterocycles. The van der Waals surface area contributed by atoms with Crippen molar-refractivity contribution < 1.29 is 46.6 Å². The summed E-state index contributed by atoms with van der Waals surface area (Å²) >= 11 is 4.17. The van der Waals surface area contributed by atoms with E-state index in [1.807, 2.05) is 0 Å². The van der Waals surface area contributed by atoms with Crippen molar-refractivity contribution in [3.63, 3.8) is 0 Å². The highest BCUT2D eigenvalue weighted by Gasteiger charge is 2.54. The number of aliphatic hydroxyl groups is 4. The monoisotopic (exact) mass is 465 g/mol. The zero-order valence-electron chi connectivity index (χ0n) is 15.2. The van der Waals surface area contributed by atoms with E-state index in [0.717, 1.165) is 12.8 Å². The maximum Gasteiger partial charge on any atom is 0.466 e. The van der Waals surface area contributed by atoms with Gasteiger partial charge in [0, 0.05) is 22.8 Å². The van der Waals surface area contributed by atoms with Crippen molar-refractivity contribution in [2.45, 2.75) is 61.5 Å². The molecule has 0 amide bonds. The summed E-state index contributed by atoms with van der Waals surface area (Å²) in [7, 11) is -5.85. The minimum absolute atomic E-state index is 0.00621. The van der Waals surface area contributed by atoms with E-state index in [1.54, 1.807) is 6.26 Å². The summed E-state index contributed by atoms with van der Waals surface area (Å²) < 4.78 is 50.9. The van der Waals surface area contributed by atoms with Crippen molar-refractivity contribution in [1.82, 2.24) is 0 Å². The average molecular weight is 466 g/mol. The van der Waals surface area contributed by atoms with Crippen LogP contribution in [0.3, 0.4) is 0 Å². The standard InChI is InChI=1S/C14H27NO10S3/c1-27(20)7-5-3-2-4-6-10(15-25-28(21,22)23)14(26)13(19)12(18)11(17)9(8-16)24-14/h9,11-13,16-19,26H,2-8H2,1H3,(H,21,22,23)/b15-10-/t9-,11-,12+,13-,14+,27?/m1/s1. The van der Waals surface area contributed by atoms with Gasteiger partial charge in [-0.25, -0.2) is 4.28 Å². The summed E-state index contributed by atoms with van der Waals surface area (Å²) in [5, 5.41) is 42.8. The lowest BCUT2D eigenvalue weighted by atomic mass is 9.90. The SMILES string of the molecule is CS(=O)CCCCCC/C(=N/OS(=O)(=O)O)[C@@]1(S)O[C@H](CO)[C@@H](O)[C@H](O)[C@H]1O. The van der Waals surface area contributed by atoms with Crippen LogP contribution >= 0.6 is 12.6 Å². The minimum atomic E-state index is -4.95. The molecule has 0 saturated carbocycles. The smallest absolute Gasteiger partial charge is 0.394 e. The number of unbranched alkanes of at least 4 members (excludes halogenated alkanes) is 3. The Morgan fingerprint density at radius 2 is 1.82 bits per heavy atom. The van der Waals surface area contributed by atoms with Crippen molar-refractivity contribution in [3.05, 3.63) is 0 Å². The number of hydrogen-bond donors (Lipinski definition) is 6. The van der Waals surface area contributed by atoms with Gasteiger partial charge in [-0.1, -0.05) is 18.0 Å². The molecule has 14 heteroatoms. The van der Waals surface area contributed by atoms with E-state index in [0.29, 0.717) is 18.6 Å². The van der Waals surface area contributed by atoms with Gasteiger partial charge in [-0.15, -0.1) is 12.6 Å². The normalized spacial score (nSPS) is 32.9. The summed E-state index contributed by atoms with van der Waals surface area (Å²) in [6.07, 6.45) is -2.42. The van der Waals surface area contributed by atoms with Crippen LogP contribution in [0.5, 0.6) is 0 Å². The molecule has 5 N–H and O–H groups in total. The molecule has 1 aliphatic heterocycles. The quantitative estimate of drug-likeness (QED) is 0.0697. The molecule has 1 rings (SSSR count). The molecule has 0 aromatic rings. The average Bonchev–Trinajstić information content (AvgIpc) is 2.60. The molecule has 11 nitrogen and oxygen atoms in total. The maximum atomic E-state index is 11.0. The van der Waals surface area contributed by atoms with Gasteiger partial charge in [0.2, 0.25) is 0 Å². The van der Waals surface area contributed by atoms with Gasteiger partial charge in [-0.05, 0) is 19.3 Å². The third kappa shape index (κ3) is 7.50. The first-order chi connectivity index (χ1) is 12.9. The van der Waals surface area contributed by atoms with Gasteiger partial charge < -0.3 is 25.2 Å². The molecule has 1 saturated heterocycles. The van der Waals surface area contributed by atoms with Gasteiger partial charge in [0.25, 0.3) is 0 Å². The van der Waals surface area contributed by atoms with Crippen LogP contribution in [0.1, 0.15) is 32.1 Å². The second kappa shape index (κ2) is 11.2. The van der Waals surface area contributed by atoms with Crippen molar-refractivity contribution >= 4 is 39.5 Å².